The van der Waals surface area contributed by atoms with E-state index in [0.29, 0.717) is 37.7 Å². The van der Waals surface area contributed by atoms with Crippen molar-refractivity contribution in [1.29, 1.82) is 0 Å². The molecule has 0 unspecified atom stereocenters. The molecule has 0 aliphatic carbocycles. The maximum Gasteiger partial charge on any atom is 0.321 e. The molecule has 1 aliphatic rings. The van der Waals surface area contributed by atoms with Gasteiger partial charge in [-0.2, -0.15) is 5.10 Å². The number of rotatable bonds is 3. The molecule has 1 saturated heterocycles. The third kappa shape index (κ3) is 4.20. The summed E-state index contributed by atoms with van der Waals surface area (Å²) < 4.78 is 15.1. The summed E-state index contributed by atoms with van der Waals surface area (Å²) >= 11 is 5.77. The Hall–Kier alpha value is -3.20. The van der Waals surface area contributed by atoms with Gasteiger partial charge in [0, 0.05) is 43.6 Å². The fraction of sp³-hybridized carbons (Fsp3) is 0.300. The molecule has 0 atom stereocenters. The second-order valence-electron chi connectivity index (χ2n) is 7.11. The van der Waals surface area contributed by atoms with Crippen LogP contribution in [0.5, 0.6) is 0 Å². The Morgan fingerprint density at radius 3 is 2.47 bits per heavy atom. The van der Waals surface area contributed by atoms with Gasteiger partial charge in [-0.25, -0.2) is 23.8 Å². The maximum atomic E-state index is 13.3. The van der Waals surface area contributed by atoms with Crippen LogP contribution < -0.4 is 10.2 Å². The van der Waals surface area contributed by atoms with Gasteiger partial charge in [-0.1, -0.05) is 11.6 Å². The smallest absolute Gasteiger partial charge is 0.321 e. The van der Waals surface area contributed by atoms with E-state index < -0.39 is 5.82 Å². The highest BCUT2D eigenvalue weighted by Gasteiger charge is 2.23. The number of nitrogens with one attached hydrogen (secondary N) is 1. The second-order valence-corrected chi connectivity index (χ2v) is 7.51. The first-order valence-electron chi connectivity index (χ1n) is 9.52. The summed E-state index contributed by atoms with van der Waals surface area (Å²) in [6.07, 6.45) is 1.53. The number of aryl methyl sites for hydroxylation is 2. The molecule has 10 heteroatoms. The Labute approximate surface area is 178 Å². The van der Waals surface area contributed by atoms with Crippen LogP contribution in [0.2, 0.25) is 5.02 Å². The second kappa shape index (κ2) is 8.27. The van der Waals surface area contributed by atoms with Crippen molar-refractivity contribution in [3.05, 3.63) is 58.9 Å². The minimum atomic E-state index is -0.520. The molecule has 30 heavy (non-hydrogen) atoms. The molecule has 0 radical (unpaired) electrons. The highest BCUT2D eigenvalue weighted by Crippen LogP contribution is 2.21. The Morgan fingerprint density at radius 1 is 1.07 bits per heavy atom. The molecule has 1 fully saturated rings. The fourth-order valence-corrected chi connectivity index (χ4v) is 3.58. The van der Waals surface area contributed by atoms with Gasteiger partial charge >= 0.3 is 6.03 Å². The Kier molecular flexibility index (Phi) is 5.54. The van der Waals surface area contributed by atoms with Crippen molar-refractivity contribution in [2.45, 2.75) is 13.8 Å². The van der Waals surface area contributed by atoms with Gasteiger partial charge in [-0.05, 0) is 38.1 Å². The molecule has 8 nitrogen and oxygen atoms in total. The number of piperazine rings is 1. The quantitative estimate of drug-likeness (QED) is 0.690. The van der Waals surface area contributed by atoms with Gasteiger partial charge in [0.25, 0.3) is 0 Å². The van der Waals surface area contributed by atoms with E-state index in [1.807, 2.05) is 26.0 Å². The van der Waals surface area contributed by atoms with Crippen LogP contribution in [0, 0.1) is 19.7 Å². The molecule has 1 N–H and O–H groups in total. The van der Waals surface area contributed by atoms with Gasteiger partial charge in [-0.15, -0.1) is 0 Å². The number of carbonyl (C=O) groups is 1. The Morgan fingerprint density at radius 2 is 1.80 bits per heavy atom. The van der Waals surface area contributed by atoms with Gasteiger partial charge in [0.15, 0.2) is 5.82 Å². The van der Waals surface area contributed by atoms with Crippen LogP contribution in [0.15, 0.2) is 36.7 Å². The number of urea groups is 1. The van der Waals surface area contributed by atoms with Gasteiger partial charge in [0.1, 0.15) is 18.0 Å². The van der Waals surface area contributed by atoms with Crippen LogP contribution in [-0.2, 0) is 0 Å². The Bertz CT molecular complexity index is 1080. The summed E-state index contributed by atoms with van der Waals surface area (Å²) in [5.41, 5.74) is 2.38. The van der Waals surface area contributed by atoms with E-state index in [1.165, 1.54) is 24.5 Å². The van der Waals surface area contributed by atoms with Crippen LogP contribution in [0.25, 0.3) is 5.82 Å². The zero-order valence-electron chi connectivity index (χ0n) is 16.6. The van der Waals surface area contributed by atoms with E-state index in [0.717, 1.165) is 17.2 Å². The van der Waals surface area contributed by atoms with Crippen molar-refractivity contribution < 1.29 is 9.18 Å². The van der Waals surface area contributed by atoms with E-state index in [9.17, 15) is 9.18 Å². The molecule has 3 aromatic rings. The Balaban J connectivity index is 1.39. The van der Waals surface area contributed by atoms with Crippen LogP contribution in [0.3, 0.4) is 0 Å². The number of benzene rings is 1. The number of anilines is 2. The highest BCUT2D eigenvalue weighted by molar-refractivity contribution is 6.31. The molecule has 0 spiro atoms. The third-order valence-corrected chi connectivity index (χ3v) is 5.22. The maximum absolute atomic E-state index is 13.3. The minimum Gasteiger partial charge on any atom is -0.353 e. The first kappa shape index (κ1) is 20.1. The molecule has 2 aromatic heterocycles. The largest absolute Gasteiger partial charge is 0.353 e. The van der Waals surface area contributed by atoms with E-state index in [1.54, 1.807) is 9.58 Å². The fourth-order valence-electron chi connectivity index (χ4n) is 3.40. The van der Waals surface area contributed by atoms with Crippen LogP contribution >= 0.6 is 11.6 Å². The summed E-state index contributed by atoms with van der Waals surface area (Å²) in [4.78, 5) is 25.0. The summed E-state index contributed by atoms with van der Waals surface area (Å²) in [5, 5.41) is 7.19. The third-order valence-electron chi connectivity index (χ3n) is 4.93. The van der Waals surface area contributed by atoms with E-state index in [-0.39, 0.29) is 11.1 Å². The molecule has 3 heterocycles. The summed E-state index contributed by atoms with van der Waals surface area (Å²) in [6.45, 7) is 6.24. The topological polar surface area (TPSA) is 79.2 Å². The molecule has 0 bridgehead atoms. The van der Waals surface area contributed by atoms with Gasteiger partial charge < -0.3 is 15.1 Å². The number of halogens is 2. The van der Waals surface area contributed by atoms with Gasteiger partial charge in [0.05, 0.1) is 10.7 Å². The van der Waals surface area contributed by atoms with E-state index in [4.69, 9.17) is 11.6 Å². The van der Waals surface area contributed by atoms with E-state index >= 15 is 0 Å². The molecular weight excluding hydrogens is 409 g/mol. The monoisotopic (exact) mass is 429 g/mol. The number of hydrogen-bond acceptors (Lipinski definition) is 5. The number of carbonyl (C=O) groups excluding carboxylic acids is 1. The van der Waals surface area contributed by atoms with Gasteiger partial charge in [0.2, 0.25) is 0 Å². The molecule has 156 valence electrons. The zero-order valence-corrected chi connectivity index (χ0v) is 17.4. The standard InChI is InChI=1S/C20H21ClFN7O/c1-13-9-14(2)29(26-13)19-11-18(23-12-24-19)27-5-7-28(8-6-27)20(30)25-15-3-4-17(22)16(21)10-15/h3-4,9-12H,5-8H2,1-2H3,(H,25,30). The molecule has 0 saturated carbocycles. The van der Waals surface area contributed by atoms with Crippen molar-refractivity contribution in [1.82, 2.24) is 24.6 Å². The van der Waals surface area contributed by atoms with Crippen LogP contribution in [0.4, 0.5) is 20.7 Å². The van der Waals surface area contributed by atoms with Crippen molar-refractivity contribution in [2.75, 3.05) is 36.4 Å². The molecule has 4 rings (SSSR count). The van der Waals surface area contributed by atoms with Gasteiger partial charge in [-0.3, -0.25) is 0 Å². The lowest BCUT2D eigenvalue weighted by Crippen LogP contribution is -2.50. The van der Waals surface area contributed by atoms with Crippen molar-refractivity contribution in [2.24, 2.45) is 0 Å². The molecule has 1 aromatic carbocycles. The summed E-state index contributed by atoms with van der Waals surface area (Å²) in [5.74, 6) is 0.977. The lowest BCUT2D eigenvalue weighted by atomic mass is 10.3. The first-order valence-corrected chi connectivity index (χ1v) is 9.90. The summed E-state index contributed by atoms with van der Waals surface area (Å²) in [7, 11) is 0. The molecule has 2 amide bonds. The number of aromatic nitrogens is 4. The first-order chi connectivity index (χ1) is 14.4. The highest BCUT2D eigenvalue weighted by atomic mass is 35.5. The van der Waals surface area contributed by atoms with Crippen molar-refractivity contribution in [3.8, 4) is 5.82 Å². The number of hydrogen-bond donors (Lipinski definition) is 1. The average Bonchev–Trinajstić information content (AvgIpc) is 3.09. The van der Waals surface area contributed by atoms with Crippen molar-refractivity contribution in [3.63, 3.8) is 0 Å². The number of amides is 2. The normalized spacial score (nSPS) is 14.1. The molecule has 1 aliphatic heterocycles. The predicted octanol–water partition coefficient (Wildman–Crippen LogP) is 3.43. The molecular formula is C20H21ClFN7O. The van der Waals surface area contributed by atoms with Crippen LogP contribution in [0.1, 0.15) is 11.4 Å². The average molecular weight is 430 g/mol. The van der Waals surface area contributed by atoms with Crippen molar-refractivity contribution >= 4 is 29.1 Å². The SMILES string of the molecule is Cc1cc(C)n(-c2cc(N3CCN(C(=O)Nc4ccc(F)c(Cl)c4)CC3)ncn2)n1. The lowest BCUT2D eigenvalue weighted by molar-refractivity contribution is 0.208. The summed E-state index contributed by atoms with van der Waals surface area (Å²) in [6, 6.07) is 7.75. The number of nitrogens with zero attached hydrogens (tertiary/aromatic N) is 6. The van der Waals surface area contributed by atoms with E-state index in [2.05, 4.69) is 25.3 Å². The minimum absolute atomic E-state index is 0.0280. The zero-order chi connectivity index (χ0) is 21.3. The lowest BCUT2D eigenvalue weighted by Gasteiger charge is -2.35. The predicted molar refractivity (Wildman–Crippen MR) is 113 cm³/mol. The van der Waals surface area contributed by atoms with Crippen LogP contribution in [-0.4, -0.2) is 56.9 Å².